The van der Waals surface area contributed by atoms with E-state index >= 15 is 0 Å². The van der Waals surface area contributed by atoms with Crippen molar-refractivity contribution in [1.29, 1.82) is 0 Å². The highest BCUT2D eigenvalue weighted by Crippen LogP contribution is 2.35. The van der Waals surface area contributed by atoms with Crippen molar-refractivity contribution in [1.82, 2.24) is 10.2 Å². The Bertz CT molecular complexity index is 641. The zero-order valence-corrected chi connectivity index (χ0v) is 17.6. The molecular weight excluding hydrogens is 346 g/mol. The second-order valence-electron chi connectivity index (χ2n) is 7.03. The molecule has 0 unspecified atom stereocenters. The Kier molecular flexibility index (Phi) is 8.56. The number of nitrogens with one attached hydrogen (secondary N) is 1. The quantitative estimate of drug-likeness (QED) is 0.769. The van der Waals surface area contributed by atoms with Crippen LogP contribution >= 0.6 is 0 Å². The number of fused-ring (bicyclic) bond motifs is 1. The van der Waals surface area contributed by atoms with E-state index in [0.717, 1.165) is 17.5 Å². The van der Waals surface area contributed by atoms with Crippen LogP contribution in [0.15, 0.2) is 12.1 Å². The molecular formula is C20H33N3O4. The second-order valence-corrected chi connectivity index (χ2v) is 7.03. The Morgan fingerprint density at radius 1 is 1.26 bits per heavy atom. The predicted octanol–water partition coefficient (Wildman–Crippen LogP) is 3.15. The Morgan fingerprint density at radius 2 is 1.85 bits per heavy atom. The maximum Gasteiger partial charge on any atom is 0.410 e. The first-order valence-corrected chi connectivity index (χ1v) is 9.33. The summed E-state index contributed by atoms with van der Waals surface area (Å²) in [6.07, 6.45) is 0.453. The zero-order valence-electron chi connectivity index (χ0n) is 17.6. The lowest BCUT2D eigenvalue weighted by Crippen LogP contribution is -2.33. The molecule has 0 fully saturated rings. The average Bonchev–Trinajstić information content (AvgIpc) is 3.05. The van der Waals surface area contributed by atoms with Gasteiger partial charge in [0.05, 0.1) is 12.8 Å². The van der Waals surface area contributed by atoms with Crippen molar-refractivity contribution in [2.75, 3.05) is 32.1 Å². The summed E-state index contributed by atoms with van der Waals surface area (Å²) in [5, 5.41) is 3.02. The highest BCUT2D eigenvalue weighted by atomic mass is 16.6. The zero-order chi connectivity index (χ0) is 20.6. The normalized spacial score (nSPS) is 12.6. The lowest BCUT2D eigenvalue weighted by Gasteiger charge is -2.24. The van der Waals surface area contributed by atoms with Gasteiger partial charge in [0.1, 0.15) is 11.4 Å². The van der Waals surface area contributed by atoms with Gasteiger partial charge in [0.15, 0.2) is 0 Å². The van der Waals surface area contributed by atoms with Crippen LogP contribution in [0.25, 0.3) is 0 Å². The van der Waals surface area contributed by atoms with Gasteiger partial charge in [0.2, 0.25) is 6.41 Å². The van der Waals surface area contributed by atoms with Gasteiger partial charge in [-0.2, -0.15) is 0 Å². The highest BCUT2D eigenvalue weighted by Gasteiger charge is 2.29. The fourth-order valence-corrected chi connectivity index (χ4v) is 2.72. The highest BCUT2D eigenvalue weighted by molar-refractivity contribution is 5.80. The van der Waals surface area contributed by atoms with E-state index in [0.29, 0.717) is 37.6 Å². The van der Waals surface area contributed by atoms with Gasteiger partial charge in [-0.3, -0.25) is 9.69 Å². The smallest absolute Gasteiger partial charge is 0.410 e. The summed E-state index contributed by atoms with van der Waals surface area (Å²) in [5.74, 6) is 0.619. The van der Waals surface area contributed by atoms with Crippen LogP contribution in [0.1, 0.15) is 45.7 Å². The van der Waals surface area contributed by atoms with E-state index in [-0.39, 0.29) is 6.09 Å². The van der Waals surface area contributed by atoms with E-state index in [1.807, 2.05) is 53.8 Å². The summed E-state index contributed by atoms with van der Waals surface area (Å²) in [5.41, 5.74) is 2.18. The third-order valence-corrected chi connectivity index (χ3v) is 3.91. The molecule has 0 aliphatic carbocycles. The van der Waals surface area contributed by atoms with Crippen LogP contribution in [0.2, 0.25) is 0 Å². The number of methoxy groups -OCH3 is 1. The number of hydrogen-bond acceptors (Lipinski definition) is 5. The van der Waals surface area contributed by atoms with Crippen molar-refractivity contribution in [3.8, 4) is 5.75 Å². The van der Waals surface area contributed by atoms with Crippen molar-refractivity contribution in [3.63, 3.8) is 0 Å². The Hall–Kier alpha value is -2.28. The lowest BCUT2D eigenvalue weighted by molar-refractivity contribution is -0.107. The Labute approximate surface area is 162 Å². The number of hydrogen-bond donors (Lipinski definition) is 1. The molecule has 0 bridgehead atoms. The van der Waals surface area contributed by atoms with E-state index in [4.69, 9.17) is 9.47 Å². The first-order chi connectivity index (χ1) is 12.8. The van der Waals surface area contributed by atoms with Crippen LogP contribution < -0.4 is 15.0 Å². The number of nitrogens with zero attached hydrogens (tertiary/aromatic N) is 2. The van der Waals surface area contributed by atoms with Gasteiger partial charge in [-0.25, -0.2) is 4.79 Å². The maximum atomic E-state index is 12.3. The van der Waals surface area contributed by atoms with Crippen molar-refractivity contribution in [2.45, 2.75) is 53.3 Å². The van der Waals surface area contributed by atoms with Crippen LogP contribution in [0.4, 0.5) is 10.5 Å². The maximum absolute atomic E-state index is 12.3. The number of ether oxygens (including phenoxy) is 2. The second kappa shape index (κ2) is 10.2. The fourth-order valence-electron chi connectivity index (χ4n) is 2.72. The van der Waals surface area contributed by atoms with Gasteiger partial charge in [0.25, 0.3) is 0 Å². The SMILES string of the molecule is CC.CNCCN(C=O)c1cc2c(cc1OC)CN(C(=O)OC(C)(C)C)C2. The lowest BCUT2D eigenvalue weighted by atomic mass is 10.1. The van der Waals surface area contributed by atoms with Crippen molar-refractivity contribution in [2.24, 2.45) is 0 Å². The molecule has 2 rings (SSSR count). The predicted molar refractivity (Wildman–Crippen MR) is 107 cm³/mol. The number of amides is 2. The van der Waals surface area contributed by atoms with Crippen LogP contribution in [-0.4, -0.2) is 50.3 Å². The van der Waals surface area contributed by atoms with Crippen LogP contribution in [-0.2, 0) is 22.6 Å². The molecule has 0 aromatic heterocycles. The largest absolute Gasteiger partial charge is 0.495 e. The number of carbonyl (C=O) groups is 2. The molecule has 27 heavy (non-hydrogen) atoms. The molecule has 1 aliphatic heterocycles. The molecule has 0 spiro atoms. The van der Waals surface area contributed by atoms with Gasteiger partial charge >= 0.3 is 6.09 Å². The van der Waals surface area contributed by atoms with E-state index in [1.54, 1.807) is 16.9 Å². The van der Waals surface area contributed by atoms with E-state index in [1.165, 1.54) is 0 Å². The molecule has 2 amide bonds. The third kappa shape index (κ3) is 6.13. The van der Waals surface area contributed by atoms with Crippen LogP contribution in [0.5, 0.6) is 5.75 Å². The Balaban J connectivity index is 0.00000176. The molecule has 1 N–H and O–H groups in total. The molecule has 0 atom stereocenters. The van der Waals surface area contributed by atoms with Crippen LogP contribution in [0, 0.1) is 0 Å². The topological polar surface area (TPSA) is 71.1 Å². The van der Waals surface area contributed by atoms with Crippen molar-refractivity contribution in [3.05, 3.63) is 23.3 Å². The van der Waals surface area contributed by atoms with Gasteiger partial charge < -0.3 is 19.7 Å². The van der Waals surface area contributed by atoms with Gasteiger partial charge in [0, 0.05) is 26.2 Å². The van der Waals surface area contributed by atoms with Crippen molar-refractivity contribution >= 4 is 18.2 Å². The van der Waals surface area contributed by atoms with E-state index in [2.05, 4.69) is 5.32 Å². The average molecular weight is 380 g/mol. The fraction of sp³-hybridized carbons (Fsp3) is 0.600. The molecule has 1 aliphatic rings. The first-order valence-electron chi connectivity index (χ1n) is 9.33. The number of carbonyl (C=O) groups excluding carboxylic acids is 2. The molecule has 0 radical (unpaired) electrons. The van der Waals surface area contributed by atoms with Crippen LogP contribution in [0.3, 0.4) is 0 Å². The van der Waals surface area contributed by atoms with Gasteiger partial charge in [-0.1, -0.05) is 13.8 Å². The molecule has 1 heterocycles. The number of rotatable bonds is 6. The monoisotopic (exact) mass is 379 g/mol. The third-order valence-electron chi connectivity index (χ3n) is 3.91. The molecule has 0 saturated carbocycles. The summed E-state index contributed by atoms with van der Waals surface area (Å²) in [7, 11) is 3.41. The minimum Gasteiger partial charge on any atom is -0.495 e. The first kappa shape index (κ1) is 22.8. The molecule has 7 heteroatoms. The molecule has 1 aromatic rings. The summed E-state index contributed by atoms with van der Waals surface area (Å²) in [6, 6.07) is 3.81. The molecule has 152 valence electrons. The summed E-state index contributed by atoms with van der Waals surface area (Å²) < 4.78 is 10.9. The summed E-state index contributed by atoms with van der Waals surface area (Å²) >= 11 is 0. The van der Waals surface area contributed by atoms with E-state index < -0.39 is 5.60 Å². The molecule has 7 nitrogen and oxygen atoms in total. The minimum atomic E-state index is -0.532. The molecule has 1 aromatic carbocycles. The van der Waals surface area contributed by atoms with Gasteiger partial charge in [-0.05, 0) is 51.1 Å². The van der Waals surface area contributed by atoms with E-state index in [9.17, 15) is 9.59 Å². The van der Waals surface area contributed by atoms with Crippen molar-refractivity contribution < 1.29 is 19.1 Å². The summed E-state index contributed by atoms with van der Waals surface area (Å²) in [4.78, 5) is 27.0. The number of likely N-dealkylation sites (N-methyl/N-ethyl adjacent to an activating group) is 1. The number of anilines is 1. The number of benzene rings is 1. The molecule has 0 saturated heterocycles. The standard InChI is InChI=1S/C18H27N3O4.C2H6/c1-18(2,3)25-17(23)21-10-13-8-15(20(12-22)7-6-19-4)16(24-5)9-14(13)11-21;1-2/h8-9,12,19H,6-7,10-11H2,1-5H3;1-2H3. The van der Waals surface area contributed by atoms with Gasteiger partial charge in [-0.15, -0.1) is 0 Å². The minimum absolute atomic E-state index is 0.341. The summed E-state index contributed by atoms with van der Waals surface area (Å²) in [6.45, 7) is 11.7. The Morgan fingerprint density at radius 3 is 2.33 bits per heavy atom.